The predicted molar refractivity (Wildman–Crippen MR) is 242 cm³/mol. The van der Waals surface area contributed by atoms with Gasteiger partial charge in [0.1, 0.15) is 5.58 Å². The van der Waals surface area contributed by atoms with Crippen molar-refractivity contribution in [1.82, 2.24) is 0 Å². The van der Waals surface area contributed by atoms with Gasteiger partial charge in [-0.05, 0) is 65.1 Å². The number of fused-ring (bicyclic) bond motifs is 3. The molecule has 3 heterocycles. The molecule has 0 saturated carbocycles. The van der Waals surface area contributed by atoms with E-state index in [1.54, 1.807) is 0 Å². The summed E-state index contributed by atoms with van der Waals surface area (Å²) in [6, 6.07) is 31.3. The van der Waals surface area contributed by atoms with Crippen LogP contribution >= 0.6 is 0 Å². The molecule has 0 amide bonds. The second-order valence-electron chi connectivity index (χ2n) is 18.0. The van der Waals surface area contributed by atoms with Crippen molar-refractivity contribution in [3.8, 4) is 39.7 Å². The topological polar surface area (TPSA) is 44.7 Å². The number of furan rings is 1. The Bertz CT molecular complexity index is 2670. The average Bonchev–Trinajstić information content (AvgIpc) is 3.52. The molecule has 0 saturated heterocycles. The average molecular weight is 960 g/mol. The summed E-state index contributed by atoms with van der Waals surface area (Å²) in [6.45, 7) is 31.3. The van der Waals surface area contributed by atoms with Gasteiger partial charge in [-0.2, -0.15) is 36.3 Å². The fraction of sp³-hybridized carbons (Fsp3) is 0.250. The Hall–Kier alpha value is -5.18. The van der Waals surface area contributed by atoms with Crippen LogP contribution in [0.4, 0.5) is 0 Å². The number of aryl methyl sites for hydroxylation is 2. The van der Waals surface area contributed by atoms with Crippen LogP contribution in [0.1, 0.15) is 79.5 Å². The SMILES string of the molecule is [CH2-]c1cc(-c2ccccc2)c2c(oc3cccc(C)c32)c1-c1cc(C(C)C)c(C)c[n+]1[CH2-].[CH2-]c1cc(C#N)ccc1-c1cc(CC(C)(C)C)c([Si](C)(C)C)c[n+]1[CH2-].[Ir]. The third-order valence-electron chi connectivity index (χ3n) is 10.7. The van der Waals surface area contributed by atoms with Gasteiger partial charge in [-0.3, -0.25) is 0 Å². The van der Waals surface area contributed by atoms with Crippen molar-refractivity contribution < 1.29 is 33.7 Å². The van der Waals surface area contributed by atoms with Crippen molar-refractivity contribution in [1.29, 1.82) is 5.26 Å². The zero-order chi connectivity index (χ0) is 41.6. The summed E-state index contributed by atoms with van der Waals surface area (Å²) in [7, 11) is 7.06. The first kappa shape index (κ1) is 43.9. The van der Waals surface area contributed by atoms with E-state index in [0.717, 1.165) is 73.1 Å². The largest absolute Gasteiger partial charge is 0.469 e. The molecule has 0 aliphatic heterocycles. The number of hydrogen-bond acceptors (Lipinski definition) is 2. The number of aromatic nitrogens is 2. The summed E-state index contributed by atoms with van der Waals surface area (Å²) < 4.78 is 10.5. The molecule has 0 bridgehead atoms. The van der Waals surface area contributed by atoms with E-state index in [-0.39, 0.29) is 25.5 Å². The van der Waals surface area contributed by atoms with Crippen LogP contribution in [0.3, 0.4) is 0 Å². The van der Waals surface area contributed by atoms with Gasteiger partial charge in [-0.1, -0.05) is 137 Å². The number of rotatable bonds is 6. The number of hydrogen-bond donors (Lipinski definition) is 0. The monoisotopic (exact) mass is 960 g/mol. The molecule has 0 fully saturated rings. The number of nitriles is 1. The number of pyridine rings is 2. The molecule has 58 heavy (non-hydrogen) atoms. The standard InChI is InChI=1S/C30H28NO.C22H29N2Si.Ir/c1-18(2)23-16-25(31(6)17-21(23)5)27-20(4)15-24(22-12-8-7-9-13-22)29-28-19(3)11-10-14-26(28)32-30(27)29;1-16-11-17(14-23)9-10-19(16)20-12-18(13-22(2,3)4)21(15-24(20)5)25(6,7)8;/h7-18H,4,6H2,1-3,5H3;9-12,15H,1,5,13H2,2-4,6-8H3;/q2*-1;. The molecule has 1 radical (unpaired) electrons. The Morgan fingerprint density at radius 3 is 2.03 bits per heavy atom. The molecule has 4 nitrogen and oxygen atoms in total. The van der Waals surface area contributed by atoms with Gasteiger partial charge in [0.05, 0.1) is 43.5 Å². The van der Waals surface area contributed by atoms with E-state index in [4.69, 9.17) is 9.68 Å². The van der Waals surface area contributed by atoms with Crippen molar-refractivity contribution >= 4 is 35.2 Å². The van der Waals surface area contributed by atoms with E-state index in [1.165, 1.54) is 27.4 Å². The van der Waals surface area contributed by atoms with E-state index in [0.29, 0.717) is 11.5 Å². The van der Waals surface area contributed by atoms with Gasteiger partial charge in [0.25, 0.3) is 0 Å². The Morgan fingerprint density at radius 2 is 1.43 bits per heavy atom. The molecule has 0 unspecified atom stereocenters. The maximum Gasteiger partial charge on any atom is 0.133 e. The van der Waals surface area contributed by atoms with E-state index < -0.39 is 8.07 Å². The predicted octanol–water partition coefficient (Wildman–Crippen LogP) is 12.2. The molecule has 0 aliphatic carbocycles. The molecule has 4 aromatic carbocycles. The van der Waals surface area contributed by atoms with E-state index >= 15 is 0 Å². The number of nitrogens with zero attached hydrogens (tertiary/aromatic N) is 3. The summed E-state index contributed by atoms with van der Waals surface area (Å²) in [5.41, 5.74) is 16.0. The maximum absolute atomic E-state index is 9.08. The van der Waals surface area contributed by atoms with Crippen LogP contribution in [0.25, 0.3) is 55.6 Å². The van der Waals surface area contributed by atoms with E-state index in [2.05, 4.69) is 175 Å². The van der Waals surface area contributed by atoms with Crippen molar-refractivity contribution in [2.75, 3.05) is 0 Å². The van der Waals surface area contributed by atoms with Gasteiger partial charge in [0.2, 0.25) is 0 Å². The van der Waals surface area contributed by atoms with Gasteiger partial charge in [0, 0.05) is 45.0 Å². The van der Waals surface area contributed by atoms with Crippen molar-refractivity contribution in [2.45, 2.75) is 80.4 Å². The normalized spacial score (nSPS) is 11.6. The summed E-state index contributed by atoms with van der Waals surface area (Å²) in [6.07, 6.45) is 5.35. The van der Waals surface area contributed by atoms with Gasteiger partial charge >= 0.3 is 0 Å². The fourth-order valence-electron chi connectivity index (χ4n) is 8.08. The molecule has 301 valence electrons. The Kier molecular flexibility index (Phi) is 12.8. The molecule has 0 atom stereocenters. The molecule has 0 spiro atoms. The molecule has 0 aliphatic rings. The Balaban J connectivity index is 0.000000224. The minimum atomic E-state index is -1.48. The minimum Gasteiger partial charge on any atom is -0.469 e. The first-order chi connectivity index (χ1) is 26.8. The first-order valence-corrected chi connectivity index (χ1v) is 23.3. The van der Waals surface area contributed by atoms with Crippen LogP contribution in [-0.4, -0.2) is 8.07 Å². The molecular formula is C52H57IrN3OSi-2. The van der Waals surface area contributed by atoms with Crippen molar-refractivity contribution in [2.24, 2.45) is 5.41 Å². The van der Waals surface area contributed by atoms with Gasteiger partial charge in [-0.15, -0.1) is 17.7 Å². The number of benzene rings is 4. The van der Waals surface area contributed by atoms with Crippen LogP contribution in [0, 0.1) is 58.5 Å². The summed E-state index contributed by atoms with van der Waals surface area (Å²) in [4.78, 5) is 0. The third-order valence-corrected chi connectivity index (χ3v) is 12.8. The maximum atomic E-state index is 9.08. The van der Waals surface area contributed by atoms with Gasteiger partial charge in [-0.25, -0.2) is 0 Å². The second kappa shape index (κ2) is 17.0. The van der Waals surface area contributed by atoms with Crippen molar-refractivity contribution in [3.63, 3.8) is 0 Å². The summed E-state index contributed by atoms with van der Waals surface area (Å²) in [5, 5.41) is 12.8. The Labute approximate surface area is 362 Å². The van der Waals surface area contributed by atoms with Crippen molar-refractivity contribution in [3.05, 3.63) is 164 Å². The van der Waals surface area contributed by atoms with Crippen LogP contribution in [0.5, 0.6) is 0 Å². The zero-order valence-corrected chi connectivity index (χ0v) is 39.3. The smallest absolute Gasteiger partial charge is 0.133 e. The molecule has 7 rings (SSSR count). The van der Waals surface area contributed by atoms with Gasteiger partial charge < -0.3 is 13.6 Å². The first-order valence-electron chi connectivity index (χ1n) is 19.8. The Morgan fingerprint density at radius 1 is 0.759 bits per heavy atom. The van der Waals surface area contributed by atoms with Crippen LogP contribution in [-0.2, 0) is 26.5 Å². The van der Waals surface area contributed by atoms with Crippen LogP contribution < -0.4 is 14.3 Å². The molecule has 6 heteroatoms. The fourth-order valence-corrected chi connectivity index (χ4v) is 9.74. The van der Waals surface area contributed by atoms with Crippen LogP contribution in [0.2, 0.25) is 19.6 Å². The molecule has 0 N–H and O–H groups in total. The van der Waals surface area contributed by atoms with Crippen LogP contribution in [0.15, 0.2) is 102 Å². The third kappa shape index (κ3) is 8.93. The second-order valence-corrected chi connectivity index (χ2v) is 23.1. The summed E-state index contributed by atoms with van der Waals surface area (Å²) >= 11 is 0. The zero-order valence-electron chi connectivity index (χ0n) is 35.9. The molecule has 3 aromatic heterocycles. The minimum absolute atomic E-state index is 0. The summed E-state index contributed by atoms with van der Waals surface area (Å²) in [5.74, 6) is 0.417. The molecular weight excluding hydrogens is 903 g/mol. The van der Waals surface area contributed by atoms with E-state index in [1.807, 2.05) is 33.4 Å². The van der Waals surface area contributed by atoms with Gasteiger partial charge in [0.15, 0.2) is 0 Å². The van der Waals surface area contributed by atoms with E-state index in [9.17, 15) is 0 Å². The quantitative estimate of drug-likeness (QED) is 0.0947. The molecule has 7 aromatic rings.